The van der Waals surface area contributed by atoms with Crippen molar-refractivity contribution < 1.29 is 0 Å². The van der Waals surface area contributed by atoms with Crippen LogP contribution < -0.4 is 5.43 Å². The van der Waals surface area contributed by atoms with Gasteiger partial charge in [-0.2, -0.15) is 0 Å². The fourth-order valence-electron chi connectivity index (χ4n) is 0.566. The molecule has 0 saturated heterocycles. The van der Waals surface area contributed by atoms with Crippen molar-refractivity contribution in [1.29, 1.82) is 0 Å². The highest BCUT2D eigenvalue weighted by Crippen LogP contribution is 1.80. The minimum Gasteiger partial charge on any atom is -0.315 e. The van der Waals surface area contributed by atoms with Crippen LogP contribution >= 0.6 is 12.2 Å². The van der Waals surface area contributed by atoms with Crippen molar-refractivity contribution in [2.45, 2.75) is 0 Å². The van der Waals surface area contributed by atoms with Crippen LogP contribution in [0.5, 0.6) is 0 Å². The molecule has 10 heavy (non-hydrogen) atoms. The van der Waals surface area contributed by atoms with Gasteiger partial charge in [-0.1, -0.05) is 24.4 Å². The summed E-state index contributed by atoms with van der Waals surface area (Å²) < 4.78 is 0. The van der Waals surface area contributed by atoms with E-state index in [0.717, 1.165) is 13.1 Å². The van der Waals surface area contributed by atoms with Crippen molar-refractivity contribution >= 4 is 17.7 Å². The summed E-state index contributed by atoms with van der Waals surface area (Å²) in [5.41, 5.74) is 4.33. The van der Waals surface area contributed by atoms with Crippen LogP contribution in [0.25, 0.3) is 0 Å². The number of hydrogen-bond acceptors (Lipinski definition) is 2. The smallest absolute Gasteiger partial charge is 0.0759 e. The standard InChI is InChI=1S/C7H12N2S/c1-3-5-9(6-4-2)8-7-10/h3-4,7H,1-2,5-6H2,(H,8,10). The third kappa shape index (κ3) is 4.23. The average Bonchev–Trinajstić information content (AvgIpc) is 1.90. The van der Waals surface area contributed by atoms with E-state index in [-0.39, 0.29) is 0 Å². The molecular formula is C7H12N2S. The first-order valence-electron chi connectivity index (χ1n) is 3.01. The van der Waals surface area contributed by atoms with E-state index in [9.17, 15) is 0 Å². The highest BCUT2D eigenvalue weighted by molar-refractivity contribution is 7.78. The second-order valence-electron chi connectivity index (χ2n) is 1.73. The summed E-state index contributed by atoms with van der Waals surface area (Å²) in [6.07, 6.45) is 3.60. The molecule has 0 aliphatic heterocycles. The molecule has 0 aromatic heterocycles. The normalized spacial score (nSPS) is 8.90. The van der Waals surface area contributed by atoms with Crippen LogP contribution in [0, 0.1) is 0 Å². The van der Waals surface area contributed by atoms with E-state index in [0.29, 0.717) is 0 Å². The molecule has 0 spiro atoms. The molecule has 56 valence electrons. The number of nitrogens with zero attached hydrogens (tertiary/aromatic N) is 1. The lowest BCUT2D eigenvalue weighted by Crippen LogP contribution is -2.36. The van der Waals surface area contributed by atoms with E-state index >= 15 is 0 Å². The Morgan fingerprint density at radius 2 is 1.80 bits per heavy atom. The number of nitrogens with one attached hydrogen (secondary N) is 1. The van der Waals surface area contributed by atoms with Gasteiger partial charge in [0.15, 0.2) is 0 Å². The van der Waals surface area contributed by atoms with Crippen LogP contribution in [0.4, 0.5) is 0 Å². The van der Waals surface area contributed by atoms with Crippen molar-refractivity contribution in [3.8, 4) is 0 Å². The topological polar surface area (TPSA) is 15.3 Å². The van der Waals surface area contributed by atoms with Gasteiger partial charge in [0.25, 0.3) is 0 Å². The zero-order valence-electron chi connectivity index (χ0n) is 5.92. The van der Waals surface area contributed by atoms with Crippen molar-refractivity contribution in [2.75, 3.05) is 13.1 Å². The second kappa shape index (κ2) is 6.45. The largest absolute Gasteiger partial charge is 0.315 e. The molecule has 0 aromatic carbocycles. The molecule has 0 aromatic rings. The van der Waals surface area contributed by atoms with E-state index in [4.69, 9.17) is 0 Å². The number of hydrazine groups is 1. The van der Waals surface area contributed by atoms with Gasteiger partial charge in [0.05, 0.1) is 5.49 Å². The maximum absolute atomic E-state index is 4.61. The number of rotatable bonds is 6. The Hall–Kier alpha value is -0.670. The van der Waals surface area contributed by atoms with E-state index < -0.39 is 0 Å². The number of thiocarbonyl (C=S) groups is 1. The molecule has 0 bridgehead atoms. The van der Waals surface area contributed by atoms with E-state index in [2.05, 4.69) is 30.8 Å². The number of hydrogen-bond donors (Lipinski definition) is 1. The van der Waals surface area contributed by atoms with Crippen LogP contribution in [0.15, 0.2) is 25.3 Å². The summed E-state index contributed by atoms with van der Waals surface area (Å²) in [7, 11) is 0. The predicted octanol–water partition coefficient (Wildman–Crippen LogP) is 1.12. The summed E-state index contributed by atoms with van der Waals surface area (Å²) >= 11 is 4.61. The molecule has 1 N–H and O–H groups in total. The Bertz CT molecular complexity index is 99.0. The summed E-state index contributed by atoms with van der Waals surface area (Å²) in [4.78, 5) is 0. The first-order valence-corrected chi connectivity index (χ1v) is 3.48. The molecule has 0 fully saturated rings. The Balaban J connectivity index is 3.58. The van der Waals surface area contributed by atoms with Crippen molar-refractivity contribution in [2.24, 2.45) is 0 Å². The lowest BCUT2D eigenvalue weighted by Gasteiger charge is -2.16. The molecule has 0 saturated carbocycles. The van der Waals surface area contributed by atoms with Gasteiger partial charge in [-0.05, 0) is 0 Å². The van der Waals surface area contributed by atoms with Gasteiger partial charge in [-0.3, -0.25) is 0 Å². The van der Waals surface area contributed by atoms with Crippen molar-refractivity contribution in [3.63, 3.8) is 0 Å². The van der Waals surface area contributed by atoms with Crippen LogP contribution in [0.2, 0.25) is 0 Å². The van der Waals surface area contributed by atoms with E-state index in [1.165, 1.54) is 5.49 Å². The Morgan fingerprint density at radius 3 is 2.10 bits per heavy atom. The third-order valence-corrected chi connectivity index (χ3v) is 1.04. The van der Waals surface area contributed by atoms with Crippen molar-refractivity contribution in [1.82, 2.24) is 10.4 Å². The van der Waals surface area contributed by atoms with Gasteiger partial charge < -0.3 is 5.43 Å². The Morgan fingerprint density at radius 1 is 1.30 bits per heavy atom. The van der Waals surface area contributed by atoms with Crippen LogP contribution in [0.1, 0.15) is 0 Å². The molecule has 0 aliphatic carbocycles. The summed E-state index contributed by atoms with van der Waals surface area (Å²) in [6.45, 7) is 8.73. The second-order valence-corrected chi connectivity index (χ2v) is 1.96. The van der Waals surface area contributed by atoms with Gasteiger partial charge in [0.2, 0.25) is 0 Å². The highest BCUT2D eigenvalue weighted by Gasteiger charge is 1.93. The molecular weight excluding hydrogens is 144 g/mol. The third-order valence-electron chi connectivity index (χ3n) is 0.934. The summed E-state index contributed by atoms with van der Waals surface area (Å²) in [5, 5.41) is 1.90. The summed E-state index contributed by atoms with van der Waals surface area (Å²) in [6, 6.07) is 0. The first kappa shape index (κ1) is 9.33. The molecule has 0 atom stereocenters. The monoisotopic (exact) mass is 156 g/mol. The highest BCUT2D eigenvalue weighted by atomic mass is 32.1. The SMILES string of the molecule is C=CCN(CC=C)NC=S. The molecule has 0 unspecified atom stereocenters. The average molecular weight is 156 g/mol. The van der Waals surface area contributed by atoms with Gasteiger partial charge in [0, 0.05) is 13.1 Å². The van der Waals surface area contributed by atoms with Crippen LogP contribution in [-0.4, -0.2) is 23.6 Å². The Kier molecular flexibility index (Phi) is 6.02. The van der Waals surface area contributed by atoms with E-state index in [1.807, 2.05) is 5.01 Å². The molecule has 2 nitrogen and oxygen atoms in total. The maximum atomic E-state index is 4.61. The van der Waals surface area contributed by atoms with E-state index in [1.54, 1.807) is 12.2 Å². The molecule has 0 amide bonds. The first-order chi connectivity index (χ1) is 4.85. The zero-order chi connectivity index (χ0) is 7.82. The van der Waals surface area contributed by atoms with Gasteiger partial charge in [-0.25, -0.2) is 5.01 Å². The summed E-state index contributed by atoms with van der Waals surface area (Å²) in [5.74, 6) is 0. The predicted molar refractivity (Wildman–Crippen MR) is 48.8 cm³/mol. The van der Waals surface area contributed by atoms with Gasteiger partial charge in [-0.15, -0.1) is 13.2 Å². The van der Waals surface area contributed by atoms with Gasteiger partial charge >= 0.3 is 0 Å². The zero-order valence-corrected chi connectivity index (χ0v) is 6.73. The molecule has 0 radical (unpaired) electrons. The Labute approximate surface area is 67.2 Å². The van der Waals surface area contributed by atoms with Crippen molar-refractivity contribution in [3.05, 3.63) is 25.3 Å². The van der Waals surface area contributed by atoms with Crippen LogP contribution in [0.3, 0.4) is 0 Å². The molecule has 0 aliphatic rings. The maximum Gasteiger partial charge on any atom is 0.0759 e. The minimum absolute atomic E-state index is 0.763. The molecule has 0 rings (SSSR count). The molecule has 3 heteroatoms. The fraction of sp³-hybridized carbons (Fsp3) is 0.286. The lowest BCUT2D eigenvalue weighted by molar-refractivity contribution is 0.298. The van der Waals surface area contributed by atoms with Gasteiger partial charge in [0.1, 0.15) is 0 Å². The van der Waals surface area contributed by atoms with Crippen LogP contribution in [-0.2, 0) is 0 Å². The lowest BCUT2D eigenvalue weighted by atomic mass is 10.5. The fourth-order valence-corrected chi connectivity index (χ4v) is 0.715. The molecule has 0 heterocycles. The quantitative estimate of drug-likeness (QED) is 0.352. The minimum atomic E-state index is 0.763.